The highest BCUT2D eigenvalue weighted by atomic mass is 16.0. The van der Waals surface area contributed by atoms with E-state index in [4.69, 9.17) is 0 Å². The second-order valence-electron chi connectivity index (χ2n) is 7.10. The number of rotatable bonds is 8. The molecule has 120 valence electrons. The molecule has 0 radical (unpaired) electrons. The van der Waals surface area contributed by atoms with Crippen LogP contribution in [0.5, 0.6) is 0 Å². The summed E-state index contributed by atoms with van der Waals surface area (Å²) in [5.74, 6) is 3.35. The van der Waals surface area contributed by atoms with E-state index in [-0.39, 0.29) is 5.48 Å². The Balaban J connectivity index is -0.000000256. The molecular formula is C16H40N2O. The Morgan fingerprint density at radius 3 is 0.737 bits per heavy atom. The lowest BCUT2D eigenvalue weighted by molar-refractivity contribution is -0.664. The van der Waals surface area contributed by atoms with E-state index < -0.39 is 0 Å². The Kier molecular flexibility index (Phi) is 20.1. The molecule has 0 atom stereocenters. The van der Waals surface area contributed by atoms with Crippen molar-refractivity contribution in [3.63, 3.8) is 0 Å². The molecule has 0 fully saturated rings. The van der Waals surface area contributed by atoms with Gasteiger partial charge in [0.15, 0.2) is 0 Å². The summed E-state index contributed by atoms with van der Waals surface area (Å²) in [6, 6.07) is 0. The van der Waals surface area contributed by atoms with Gasteiger partial charge < -0.3 is 16.1 Å². The number of hydrogen-bond donors (Lipinski definition) is 2. The van der Waals surface area contributed by atoms with Crippen LogP contribution in [-0.4, -0.2) is 26.2 Å². The molecule has 0 aromatic heterocycles. The highest BCUT2D eigenvalue weighted by Gasteiger charge is 1.98. The molecule has 0 saturated heterocycles. The Hall–Kier alpha value is -0.120. The van der Waals surface area contributed by atoms with Crippen LogP contribution in [0, 0.1) is 23.7 Å². The molecule has 0 aliphatic rings. The first kappa shape index (κ1) is 23.9. The van der Waals surface area contributed by atoms with Crippen molar-refractivity contribution >= 4 is 0 Å². The molecule has 0 spiro atoms. The van der Waals surface area contributed by atoms with Crippen molar-refractivity contribution in [3.8, 4) is 0 Å². The van der Waals surface area contributed by atoms with Crippen molar-refractivity contribution in [3.05, 3.63) is 0 Å². The van der Waals surface area contributed by atoms with Crippen molar-refractivity contribution in [1.29, 1.82) is 0 Å². The van der Waals surface area contributed by atoms with Crippen LogP contribution >= 0.6 is 0 Å². The third-order valence-corrected chi connectivity index (χ3v) is 2.55. The minimum Gasteiger partial charge on any atom is -2.00 e. The Morgan fingerprint density at radius 1 is 0.474 bits per heavy atom. The van der Waals surface area contributed by atoms with Gasteiger partial charge in [-0.25, -0.2) is 0 Å². The predicted molar refractivity (Wildman–Crippen MR) is 83.4 cm³/mol. The normalized spacial score (nSPS) is 10.7. The van der Waals surface area contributed by atoms with Gasteiger partial charge in [0.2, 0.25) is 0 Å². The summed E-state index contributed by atoms with van der Waals surface area (Å²) in [7, 11) is 0. The fraction of sp³-hybridized carbons (Fsp3) is 1.00. The van der Waals surface area contributed by atoms with E-state index in [1.54, 1.807) is 0 Å². The molecule has 0 unspecified atom stereocenters. The summed E-state index contributed by atoms with van der Waals surface area (Å²) in [5, 5.41) is 4.80. The molecule has 0 rings (SSSR count). The van der Waals surface area contributed by atoms with E-state index in [1.165, 1.54) is 26.2 Å². The third-order valence-electron chi connectivity index (χ3n) is 2.55. The predicted octanol–water partition coefficient (Wildman–Crippen LogP) is 1.60. The number of hydrogen-bond acceptors (Lipinski definition) is 0. The van der Waals surface area contributed by atoms with Crippen molar-refractivity contribution in [2.45, 2.75) is 55.4 Å². The van der Waals surface area contributed by atoms with E-state index in [0.29, 0.717) is 0 Å². The zero-order valence-corrected chi connectivity index (χ0v) is 14.7. The highest BCUT2D eigenvalue weighted by Crippen LogP contribution is 1.85. The lowest BCUT2D eigenvalue weighted by Crippen LogP contribution is -2.86. The standard InChI is InChI=1S/2C8H19N.O/c2*1-7(2)5-9-6-8(3)4;/h2*7-9H,5-6H2,1-4H3;/q;;-2/p+2. The SMILES string of the molecule is CC(C)C[NH2+]CC(C)C.CC(C)C[NH2+]CC(C)C.[O-2]. The van der Waals surface area contributed by atoms with Crippen molar-refractivity contribution in [2.24, 2.45) is 23.7 Å². The summed E-state index contributed by atoms with van der Waals surface area (Å²) in [5.41, 5.74) is 0. The van der Waals surface area contributed by atoms with Gasteiger partial charge in [0.25, 0.3) is 0 Å². The van der Waals surface area contributed by atoms with Crippen LogP contribution in [0.15, 0.2) is 0 Å². The summed E-state index contributed by atoms with van der Waals surface area (Å²) in [6.07, 6.45) is 0. The van der Waals surface area contributed by atoms with Gasteiger partial charge >= 0.3 is 0 Å². The lowest BCUT2D eigenvalue weighted by atomic mass is 10.2. The van der Waals surface area contributed by atoms with Crippen LogP contribution in [0.3, 0.4) is 0 Å². The molecular weight excluding hydrogens is 236 g/mol. The zero-order chi connectivity index (χ0) is 14.6. The van der Waals surface area contributed by atoms with E-state index in [1.807, 2.05) is 0 Å². The summed E-state index contributed by atoms with van der Waals surface area (Å²) >= 11 is 0. The molecule has 19 heavy (non-hydrogen) atoms. The van der Waals surface area contributed by atoms with Gasteiger partial charge in [0.1, 0.15) is 0 Å². The molecule has 0 bridgehead atoms. The molecule has 3 nitrogen and oxygen atoms in total. The van der Waals surface area contributed by atoms with Crippen LogP contribution < -0.4 is 10.6 Å². The average molecular weight is 277 g/mol. The van der Waals surface area contributed by atoms with Crippen molar-refractivity contribution in [1.82, 2.24) is 0 Å². The molecule has 0 aliphatic heterocycles. The Labute approximate surface area is 122 Å². The van der Waals surface area contributed by atoms with E-state index >= 15 is 0 Å². The van der Waals surface area contributed by atoms with Gasteiger partial charge in [0.05, 0.1) is 26.2 Å². The van der Waals surface area contributed by atoms with E-state index in [2.05, 4.69) is 66.0 Å². The minimum absolute atomic E-state index is 0. The van der Waals surface area contributed by atoms with Crippen LogP contribution in [0.4, 0.5) is 0 Å². The fourth-order valence-corrected chi connectivity index (χ4v) is 1.53. The zero-order valence-electron chi connectivity index (χ0n) is 14.7. The van der Waals surface area contributed by atoms with Gasteiger partial charge in [-0.1, -0.05) is 55.4 Å². The van der Waals surface area contributed by atoms with Gasteiger partial charge in [-0.05, 0) is 0 Å². The first-order valence-electron chi connectivity index (χ1n) is 7.88. The third kappa shape index (κ3) is 31.9. The molecule has 0 heterocycles. The summed E-state index contributed by atoms with van der Waals surface area (Å²) in [4.78, 5) is 0. The van der Waals surface area contributed by atoms with E-state index in [0.717, 1.165) is 23.7 Å². The second kappa shape index (κ2) is 15.9. The summed E-state index contributed by atoms with van der Waals surface area (Å²) < 4.78 is 0. The molecule has 0 aliphatic carbocycles. The van der Waals surface area contributed by atoms with Gasteiger partial charge in [-0.15, -0.1) is 0 Å². The maximum Gasteiger partial charge on any atom is 0.0778 e. The fourth-order valence-electron chi connectivity index (χ4n) is 1.53. The lowest BCUT2D eigenvalue weighted by Gasteiger charge is -2.05. The largest absolute Gasteiger partial charge is 2.00 e. The van der Waals surface area contributed by atoms with Gasteiger partial charge in [0, 0.05) is 23.7 Å². The topological polar surface area (TPSA) is 61.7 Å². The summed E-state index contributed by atoms with van der Waals surface area (Å²) in [6.45, 7) is 23.2. The van der Waals surface area contributed by atoms with Crippen LogP contribution in [0.2, 0.25) is 0 Å². The van der Waals surface area contributed by atoms with Crippen LogP contribution in [-0.2, 0) is 5.48 Å². The Morgan fingerprint density at radius 2 is 0.632 bits per heavy atom. The average Bonchev–Trinajstić information content (AvgIpc) is 2.15. The van der Waals surface area contributed by atoms with E-state index in [9.17, 15) is 0 Å². The smallest absolute Gasteiger partial charge is 0.0778 e. The number of quaternary nitrogens is 2. The molecule has 0 aromatic carbocycles. The molecule has 4 N–H and O–H groups in total. The first-order chi connectivity index (χ1) is 8.25. The Bertz CT molecular complexity index is 123. The minimum atomic E-state index is 0. The van der Waals surface area contributed by atoms with Gasteiger partial charge in [-0.2, -0.15) is 0 Å². The van der Waals surface area contributed by atoms with Crippen LogP contribution in [0.25, 0.3) is 0 Å². The monoisotopic (exact) mass is 276 g/mol. The van der Waals surface area contributed by atoms with Crippen LogP contribution in [0.1, 0.15) is 55.4 Å². The molecule has 0 saturated carbocycles. The van der Waals surface area contributed by atoms with Crippen molar-refractivity contribution in [2.75, 3.05) is 26.2 Å². The van der Waals surface area contributed by atoms with Gasteiger partial charge in [-0.3, -0.25) is 0 Å². The molecule has 0 amide bonds. The molecule has 0 aromatic rings. The molecule has 3 heteroatoms. The highest BCUT2D eigenvalue weighted by molar-refractivity contribution is 4.38. The quantitative estimate of drug-likeness (QED) is 0.676. The first-order valence-corrected chi connectivity index (χ1v) is 7.88. The second-order valence-corrected chi connectivity index (χ2v) is 7.10. The maximum absolute atomic E-state index is 2.40. The number of nitrogens with two attached hydrogens (primary N) is 2. The van der Waals surface area contributed by atoms with Crippen molar-refractivity contribution < 1.29 is 16.1 Å². The maximum atomic E-state index is 2.40.